The summed E-state index contributed by atoms with van der Waals surface area (Å²) in [6.07, 6.45) is -10.5. The quantitative estimate of drug-likeness (QED) is 0.0681. The molecular weight excluding hydrogens is 993 g/mol. The van der Waals surface area contributed by atoms with E-state index in [1.165, 1.54) is 6.92 Å². The molecule has 77 heavy (non-hydrogen) atoms. The maximum Gasteiger partial charge on any atom is 0.509 e. The van der Waals surface area contributed by atoms with Crippen LogP contribution in [0.5, 0.6) is 0 Å². The van der Waals surface area contributed by atoms with Crippen molar-refractivity contribution in [2.45, 2.75) is 135 Å². The molecule has 4 aromatic carbocycles. The number of carbonyl (C=O) groups excluding carboxylic acids is 7. The summed E-state index contributed by atoms with van der Waals surface area (Å²) in [6.45, 7) is 12.5. The maximum absolute atomic E-state index is 16.0. The van der Waals surface area contributed by atoms with Crippen LogP contribution in [0, 0.1) is 22.7 Å². The minimum atomic E-state index is -1.94. The lowest BCUT2D eigenvalue weighted by atomic mass is 9.45. The SMILES string of the molecule is CC(=O)O[C@@]12COC1CC(OC(=O)OCc1ccccc1)C1(C)C(=O)C(N)C3=C(C)[C@@H](OC(=O)[C@H](OC(=O)OCc4ccccc4)[C@@H](NC(=O)OC(C)(C)C)c4ccccc4)CC([C@@H](OC(=O)c4ccccc4)C12)C3(C)C. The largest absolute Gasteiger partial charge is 0.509 e. The van der Waals surface area contributed by atoms with Crippen molar-refractivity contribution >= 4 is 42.1 Å². The highest BCUT2D eigenvalue weighted by atomic mass is 16.7. The van der Waals surface area contributed by atoms with Crippen molar-refractivity contribution in [1.29, 1.82) is 0 Å². The van der Waals surface area contributed by atoms with E-state index in [0.29, 0.717) is 27.8 Å². The predicted octanol–water partition coefficient (Wildman–Crippen LogP) is 8.83. The summed E-state index contributed by atoms with van der Waals surface area (Å²) in [6, 6.07) is 31.2. The number of amides is 1. The second-order valence-corrected chi connectivity index (χ2v) is 21.7. The molecule has 1 aliphatic heterocycles. The highest BCUT2D eigenvalue weighted by Gasteiger charge is 2.76. The third-order valence-electron chi connectivity index (χ3n) is 15.2. The van der Waals surface area contributed by atoms with Crippen LogP contribution in [0.15, 0.2) is 132 Å². The Labute approximate surface area is 447 Å². The molecule has 11 atom stereocenters. The molecule has 3 aliphatic carbocycles. The summed E-state index contributed by atoms with van der Waals surface area (Å²) in [7, 11) is 0. The molecule has 2 bridgehead atoms. The number of ether oxygens (including phenoxy) is 9. The number of rotatable bonds is 14. The third-order valence-corrected chi connectivity index (χ3v) is 15.2. The highest BCUT2D eigenvalue weighted by molar-refractivity contribution is 5.95. The fraction of sp³-hybridized carbons (Fsp3) is 0.441. The molecule has 0 aromatic heterocycles. The zero-order valence-electron chi connectivity index (χ0n) is 44.4. The van der Waals surface area contributed by atoms with Crippen LogP contribution >= 0.6 is 0 Å². The van der Waals surface area contributed by atoms with Crippen molar-refractivity contribution in [2.24, 2.45) is 28.4 Å². The summed E-state index contributed by atoms with van der Waals surface area (Å²) in [5.74, 6) is -5.59. The van der Waals surface area contributed by atoms with Gasteiger partial charge in [0, 0.05) is 19.3 Å². The van der Waals surface area contributed by atoms with Gasteiger partial charge in [-0.2, -0.15) is 0 Å². The van der Waals surface area contributed by atoms with Gasteiger partial charge in [0.15, 0.2) is 11.4 Å². The van der Waals surface area contributed by atoms with E-state index in [4.69, 9.17) is 48.4 Å². The van der Waals surface area contributed by atoms with E-state index in [9.17, 15) is 24.0 Å². The Balaban J connectivity index is 1.24. The van der Waals surface area contributed by atoms with Gasteiger partial charge in [-0.15, -0.1) is 0 Å². The number of fused-ring (bicyclic) bond motifs is 5. The summed E-state index contributed by atoms with van der Waals surface area (Å²) < 4.78 is 54.4. The average Bonchev–Trinajstić information content (AvgIpc) is 3.56. The van der Waals surface area contributed by atoms with E-state index in [1.807, 2.05) is 19.9 Å². The van der Waals surface area contributed by atoms with Gasteiger partial charge in [-0.1, -0.05) is 123 Å². The number of ketones is 1. The van der Waals surface area contributed by atoms with Crippen LogP contribution in [0.3, 0.4) is 0 Å². The Morgan fingerprint density at radius 1 is 0.753 bits per heavy atom. The lowest BCUT2D eigenvalue weighted by molar-refractivity contribution is -0.335. The average molecular weight is 1060 g/mol. The Kier molecular flexibility index (Phi) is 16.3. The predicted molar refractivity (Wildman–Crippen MR) is 275 cm³/mol. The van der Waals surface area contributed by atoms with Crippen LogP contribution in [0.25, 0.3) is 0 Å². The Hall–Kier alpha value is -7.57. The Bertz CT molecular complexity index is 2850. The molecular formula is C59H66N2O16. The second kappa shape index (κ2) is 22.6. The van der Waals surface area contributed by atoms with Gasteiger partial charge in [-0.25, -0.2) is 24.0 Å². The number of esters is 3. The number of alkyl carbamates (subject to hydrolysis) is 1. The third kappa shape index (κ3) is 11.7. The fourth-order valence-electron chi connectivity index (χ4n) is 11.7. The van der Waals surface area contributed by atoms with Crippen LogP contribution in [-0.2, 0) is 70.2 Å². The first-order chi connectivity index (χ1) is 36.5. The molecule has 0 spiro atoms. The van der Waals surface area contributed by atoms with Crippen molar-refractivity contribution in [3.63, 3.8) is 0 Å². The minimum Gasteiger partial charge on any atom is -0.458 e. The number of benzene rings is 4. The van der Waals surface area contributed by atoms with Crippen molar-refractivity contribution in [2.75, 3.05) is 6.61 Å². The van der Waals surface area contributed by atoms with Crippen LogP contribution in [0.2, 0.25) is 0 Å². The number of hydrogen-bond donors (Lipinski definition) is 2. The second-order valence-electron chi connectivity index (χ2n) is 21.7. The van der Waals surface area contributed by atoms with Crippen LogP contribution in [0.1, 0.15) is 101 Å². The molecule has 18 heteroatoms. The first-order valence-electron chi connectivity index (χ1n) is 25.6. The Morgan fingerprint density at radius 2 is 1.31 bits per heavy atom. The van der Waals surface area contributed by atoms with Crippen LogP contribution < -0.4 is 11.1 Å². The monoisotopic (exact) mass is 1060 g/mol. The molecule has 4 aromatic rings. The number of nitrogens with two attached hydrogens (primary N) is 1. The molecule has 4 aliphatic rings. The van der Waals surface area contributed by atoms with E-state index in [-0.39, 0.29) is 38.2 Å². The lowest BCUT2D eigenvalue weighted by Gasteiger charge is -2.66. The minimum absolute atomic E-state index is 0.124. The summed E-state index contributed by atoms with van der Waals surface area (Å²) >= 11 is 0. The molecule has 6 unspecified atom stereocenters. The normalized spacial score (nSPS) is 26.9. The standard InChI is InChI=1S/C59H66N2O16/c1-34-41(72-52(65)48(75-55(68)70-32-37-23-15-10-16-24-37)46(38-25-17-11-18-26-38)61-53(66)77-56(3,4)5)29-40-47(74-51(64)39-27-19-12-20-28-39)49-58(8,50(63)45(60)44(34)57(40,6)7)42(30-43-59(49,33-71-43)76-35(2)62)73-54(67)69-31-36-21-13-9-14-22-36/h9-28,40-43,45-49H,29-33,60H2,1-8H3,(H,61,66)/t40?,41-,42?,43?,45?,46-,47+,48+,49?,58?,59-/m0/s1. The fourth-order valence-corrected chi connectivity index (χ4v) is 11.7. The lowest BCUT2D eigenvalue weighted by Crippen LogP contribution is -2.80. The summed E-state index contributed by atoms with van der Waals surface area (Å²) in [5, 5.41) is 2.70. The molecule has 8 rings (SSSR count). The molecule has 1 amide bonds. The van der Waals surface area contributed by atoms with Crippen molar-refractivity contribution < 1.29 is 76.2 Å². The van der Waals surface area contributed by atoms with Gasteiger partial charge in [0.1, 0.15) is 49.3 Å². The molecule has 0 radical (unpaired) electrons. The first-order valence-corrected chi connectivity index (χ1v) is 25.6. The van der Waals surface area contributed by atoms with Gasteiger partial charge in [-0.05, 0) is 86.4 Å². The summed E-state index contributed by atoms with van der Waals surface area (Å²) in [4.78, 5) is 100. The van der Waals surface area contributed by atoms with E-state index in [2.05, 4.69) is 5.32 Å². The smallest absolute Gasteiger partial charge is 0.458 e. The van der Waals surface area contributed by atoms with Crippen LogP contribution in [0.4, 0.5) is 14.4 Å². The molecule has 3 N–H and O–H groups in total. The molecule has 1 saturated heterocycles. The number of hydrogen-bond acceptors (Lipinski definition) is 17. The molecule has 3 fully saturated rings. The molecule has 408 valence electrons. The zero-order valence-corrected chi connectivity index (χ0v) is 44.4. The zero-order chi connectivity index (χ0) is 55.5. The van der Waals surface area contributed by atoms with E-state index in [1.54, 1.807) is 150 Å². The van der Waals surface area contributed by atoms with E-state index >= 15 is 9.59 Å². The van der Waals surface area contributed by atoms with Crippen LogP contribution in [-0.4, -0.2) is 96.5 Å². The van der Waals surface area contributed by atoms with Gasteiger partial charge < -0.3 is 53.7 Å². The first kappa shape index (κ1) is 55.7. The van der Waals surface area contributed by atoms with Gasteiger partial charge in [0.05, 0.1) is 29.5 Å². The van der Waals surface area contributed by atoms with Gasteiger partial charge >= 0.3 is 36.3 Å². The number of Topliss-reactive ketones (excluding diaryl/α,β-unsaturated/α-hetero) is 1. The van der Waals surface area contributed by atoms with Gasteiger partial charge in [-0.3, -0.25) is 9.59 Å². The number of nitrogens with one attached hydrogen (secondary N) is 1. The van der Waals surface area contributed by atoms with E-state index in [0.717, 1.165) is 0 Å². The molecule has 1 heterocycles. The number of carbonyl (C=O) groups is 7. The molecule has 2 saturated carbocycles. The van der Waals surface area contributed by atoms with Crippen molar-refractivity contribution in [3.05, 3.63) is 155 Å². The molecule has 18 nitrogen and oxygen atoms in total. The maximum atomic E-state index is 16.0. The van der Waals surface area contributed by atoms with Crippen molar-refractivity contribution in [1.82, 2.24) is 5.32 Å². The topological polar surface area (TPSA) is 241 Å². The van der Waals surface area contributed by atoms with E-state index < -0.39 is 119 Å². The van der Waals surface area contributed by atoms with Crippen molar-refractivity contribution in [3.8, 4) is 0 Å². The summed E-state index contributed by atoms with van der Waals surface area (Å²) in [5.41, 5.74) is 4.05. The highest BCUT2D eigenvalue weighted by Crippen LogP contribution is 2.63. The Morgan fingerprint density at radius 3 is 1.86 bits per heavy atom. The van der Waals surface area contributed by atoms with Gasteiger partial charge in [0.25, 0.3) is 0 Å². The van der Waals surface area contributed by atoms with Gasteiger partial charge in [0.2, 0.25) is 6.10 Å².